The predicted octanol–water partition coefficient (Wildman–Crippen LogP) is 5.49. The van der Waals surface area contributed by atoms with Gasteiger partial charge in [0.25, 0.3) is 0 Å². The SMILES string of the molecule is CC(C)c1ccccc1[N]=[Mo]=[CH]C(C)(C)c1ccccc1. The summed E-state index contributed by atoms with van der Waals surface area (Å²) in [5.74, 6) is 0.527. The van der Waals surface area contributed by atoms with Crippen molar-refractivity contribution in [3.63, 3.8) is 0 Å². The molecule has 0 spiro atoms. The molecule has 0 aliphatic heterocycles. The van der Waals surface area contributed by atoms with Gasteiger partial charge in [0.2, 0.25) is 0 Å². The van der Waals surface area contributed by atoms with Crippen LogP contribution < -0.4 is 0 Å². The number of hydrogen-bond acceptors (Lipinski definition) is 1. The van der Waals surface area contributed by atoms with E-state index in [2.05, 4.69) is 86.7 Å². The van der Waals surface area contributed by atoms with Gasteiger partial charge in [0.1, 0.15) is 0 Å². The van der Waals surface area contributed by atoms with Gasteiger partial charge >= 0.3 is 136 Å². The Morgan fingerprint density at radius 2 is 1.57 bits per heavy atom. The molecule has 21 heavy (non-hydrogen) atoms. The second kappa shape index (κ2) is 7.18. The van der Waals surface area contributed by atoms with E-state index < -0.39 is 17.9 Å². The molecule has 0 aromatic heterocycles. The van der Waals surface area contributed by atoms with Crippen molar-refractivity contribution in [1.82, 2.24) is 0 Å². The average Bonchev–Trinajstić information content (AvgIpc) is 2.48. The van der Waals surface area contributed by atoms with E-state index in [1.165, 1.54) is 16.8 Å². The van der Waals surface area contributed by atoms with Crippen LogP contribution in [0.1, 0.15) is 44.7 Å². The first-order valence-corrected chi connectivity index (χ1v) is 9.42. The zero-order chi connectivity index (χ0) is 15.3. The molecule has 0 saturated carbocycles. The fraction of sp³-hybridized carbons (Fsp3) is 0.316. The molecule has 0 bridgehead atoms. The van der Waals surface area contributed by atoms with E-state index in [4.69, 9.17) is 3.50 Å². The molecule has 0 aliphatic rings. The molecule has 0 aliphatic carbocycles. The topological polar surface area (TPSA) is 12.4 Å². The molecule has 0 saturated heterocycles. The van der Waals surface area contributed by atoms with Gasteiger partial charge in [0.15, 0.2) is 0 Å². The number of benzene rings is 2. The Labute approximate surface area is 136 Å². The first-order chi connectivity index (χ1) is 10.0. The summed E-state index contributed by atoms with van der Waals surface area (Å²) in [5, 5.41) is 0. The van der Waals surface area contributed by atoms with Crippen LogP contribution in [0.3, 0.4) is 0 Å². The minimum atomic E-state index is -0.503. The Hall–Kier alpha value is -1.20. The van der Waals surface area contributed by atoms with Crippen molar-refractivity contribution in [1.29, 1.82) is 0 Å². The molecule has 2 rings (SSSR count). The minimum absolute atomic E-state index is 0.0970. The number of nitrogens with zero attached hydrogens (tertiary/aromatic N) is 1. The average molecular weight is 361 g/mol. The van der Waals surface area contributed by atoms with E-state index in [9.17, 15) is 0 Å². The standard InChI is InChI=1S/C10H12.C9H11N.Mo/c1-10(2,3)9-7-5-4-6-8-9;1-7(2)8-5-3-4-6-9(8)10;/h1,4-8H,2-3H3;3-7H,1-2H3;. The van der Waals surface area contributed by atoms with Crippen molar-refractivity contribution >= 4 is 10.1 Å². The van der Waals surface area contributed by atoms with Crippen LogP contribution in [0.25, 0.3) is 0 Å². The third kappa shape index (κ3) is 4.38. The Balaban J connectivity index is 2.29. The van der Waals surface area contributed by atoms with E-state index in [-0.39, 0.29) is 5.41 Å². The van der Waals surface area contributed by atoms with Gasteiger partial charge in [-0.05, 0) is 0 Å². The Bertz CT molecular complexity index is 650. The third-order valence-electron chi connectivity index (χ3n) is 3.57. The van der Waals surface area contributed by atoms with Gasteiger partial charge in [-0.2, -0.15) is 0 Å². The van der Waals surface area contributed by atoms with Gasteiger partial charge < -0.3 is 0 Å². The Kier molecular flexibility index (Phi) is 5.53. The molecule has 110 valence electrons. The quantitative estimate of drug-likeness (QED) is 0.639. The second-order valence-corrected chi connectivity index (χ2v) is 7.66. The molecule has 0 unspecified atom stereocenters. The van der Waals surface area contributed by atoms with Crippen molar-refractivity contribution in [3.8, 4) is 0 Å². The summed E-state index contributed by atoms with van der Waals surface area (Å²) in [6.07, 6.45) is 0. The number of hydrogen-bond donors (Lipinski definition) is 0. The molecular weight excluding hydrogens is 338 g/mol. The normalized spacial score (nSPS) is 11.3. The second-order valence-electron chi connectivity index (χ2n) is 6.12. The fourth-order valence-electron chi connectivity index (χ4n) is 2.21. The van der Waals surface area contributed by atoms with E-state index in [0.29, 0.717) is 5.92 Å². The van der Waals surface area contributed by atoms with Gasteiger partial charge in [-0.15, -0.1) is 0 Å². The van der Waals surface area contributed by atoms with Crippen LogP contribution in [-0.4, -0.2) is 4.40 Å². The zero-order valence-corrected chi connectivity index (χ0v) is 15.2. The summed E-state index contributed by atoms with van der Waals surface area (Å²) >= 11 is -0.503. The molecule has 2 aromatic rings. The molecule has 2 heteroatoms. The zero-order valence-electron chi connectivity index (χ0n) is 13.2. The van der Waals surface area contributed by atoms with Gasteiger partial charge in [-0.25, -0.2) is 0 Å². The first-order valence-electron chi connectivity index (χ1n) is 7.36. The van der Waals surface area contributed by atoms with Crippen LogP contribution in [0.5, 0.6) is 0 Å². The van der Waals surface area contributed by atoms with Gasteiger partial charge in [-0.3, -0.25) is 0 Å². The van der Waals surface area contributed by atoms with Crippen LogP contribution in [0.4, 0.5) is 5.69 Å². The molecule has 0 fully saturated rings. The van der Waals surface area contributed by atoms with E-state index in [1.54, 1.807) is 0 Å². The molecule has 2 aromatic carbocycles. The van der Waals surface area contributed by atoms with Crippen LogP contribution >= 0.6 is 0 Å². The third-order valence-corrected chi connectivity index (χ3v) is 6.03. The summed E-state index contributed by atoms with van der Waals surface area (Å²) in [7, 11) is 0. The van der Waals surface area contributed by atoms with Gasteiger partial charge in [0.05, 0.1) is 0 Å². The van der Waals surface area contributed by atoms with Crippen molar-refractivity contribution < 1.29 is 17.9 Å². The van der Waals surface area contributed by atoms with Crippen LogP contribution in [0.15, 0.2) is 58.1 Å². The monoisotopic (exact) mass is 363 g/mol. The maximum atomic E-state index is 4.91. The molecule has 0 amide bonds. The van der Waals surface area contributed by atoms with E-state index in [1.807, 2.05) is 0 Å². The first kappa shape index (κ1) is 16.2. The Morgan fingerprint density at radius 3 is 2.24 bits per heavy atom. The van der Waals surface area contributed by atoms with Crippen molar-refractivity contribution in [2.75, 3.05) is 0 Å². The molecular formula is C19H23MoN. The van der Waals surface area contributed by atoms with Gasteiger partial charge in [-0.1, -0.05) is 0 Å². The van der Waals surface area contributed by atoms with Crippen molar-refractivity contribution in [3.05, 3.63) is 65.7 Å². The summed E-state index contributed by atoms with van der Waals surface area (Å²) in [6.45, 7) is 9.01. The summed E-state index contributed by atoms with van der Waals surface area (Å²) in [5.41, 5.74) is 3.99. The van der Waals surface area contributed by atoms with Crippen LogP contribution in [0, 0.1) is 0 Å². The van der Waals surface area contributed by atoms with E-state index in [0.717, 1.165) is 0 Å². The summed E-state index contributed by atoms with van der Waals surface area (Å²) < 4.78 is 7.33. The molecule has 0 N–H and O–H groups in total. The maximum absolute atomic E-state index is 4.91. The van der Waals surface area contributed by atoms with Crippen LogP contribution in [0.2, 0.25) is 0 Å². The molecule has 1 nitrogen and oxygen atoms in total. The summed E-state index contributed by atoms with van der Waals surface area (Å²) in [6, 6.07) is 19.2. The fourth-order valence-corrected chi connectivity index (χ4v) is 4.01. The Morgan fingerprint density at radius 1 is 0.952 bits per heavy atom. The summed E-state index contributed by atoms with van der Waals surface area (Å²) in [4.78, 5) is 0. The molecule has 0 heterocycles. The molecule has 0 radical (unpaired) electrons. The number of rotatable bonds is 4. The van der Waals surface area contributed by atoms with Crippen molar-refractivity contribution in [2.24, 2.45) is 3.50 Å². The van der Waals surface area contributed by atoms with Gasteiger partial charge in [0, 0.05) is 0 Å². The van der Waals surface area contributed by atoms with E-state index >= 15 is 0 Å². The van der Waals surface area contributed by atoms with Crippen LogP contribution in [-0.2, 0) is 23.3 Å². The van der Waals surface area contributed by atoms with Crippen molar-refractivity contribution in [2.45, 2.75) is 39.0 Å². The molecule has 0 atom stereocenters. The predicted molar refractivity (Wildman–Crippen MR) is 88.2 cm³/mol.